The lowest BCUT2D eigenvalue weighted by molar-refractivity contribution is -0.118. The van der Waals surface area contributed by atoms with Crippen LogP contribution in [0.5, 0.6) is 0 Å². The molecule has 1 N–H and O–H groups in total. The second-order valence-corrected chi connectivity index (χ2v) is 10.1. The number of carbonyl (C=O) groups excluding carboxylic acids is 1. The van der Waals surface area contributed by atoms with Gasteiger partial charge in [-0.3, -0.25) is 4.79 Å². The molecule has 1 amide bonds. The fourth-order valence-corrected chi connectivity index (χ4v) is 5.72. The summed E-state index contributed by atoms with van der Waals surface area (Å²) in [5.74, 6) is 0.883. The quantitative estimate of drug-likeness (QED) is 0.185. The zero-order chi connectivity index (χ0) is 22.0. The Labute approximate surface area is 199 Å². The molecule has 5 nitrogen and oxygen atoms in total. The largest absolute Gasteiger partial charge is 0.272 e. The number of fused-ring (bicyclic) bond motifs is 1. The van der Waals surface area contributed by atoms with E-state index < -0.39 is 0 Å². The van der Waals surface area contributed by atoms with Gasteiger partial charge in [-0.2, -0.15) is 5.10 Å². The van der Waals surface area contributed by atoms with E-state index >= 15 is 0 Å². The number of thioether (sulfide) groups is 2. The molecule has 0 atom stereocenters. The lowest BCUT2D eigenvalue weighted by Gasteiger charge is -2.04. The number of hydrazone groups is 1. The smallest absolute Gasteiger partial charge is 0.250 e. The molecule has 1 aromatic heterocycles. The van der Waals surface area contributed by atoms with Crippen LogP contribution < -0.4 is 5.43 Å². The molecule has 1 heterocycles. The average molecular weight is 477 g/mol. The predicted molar refractivity (Wildman–Crippen MR) is 136 cm³/mol. The van der Waals surface area contributed by atoms with Crippen molar-refractivity contribution in [2.45, 2.75) is 14.4 Å². The number of hydrogen-bond donors (Lipinski definition) is 1. The maximum absolute atomic E-state index is 12.0. The van der Waals surface area contributed by atoms with E-state index in [2.05, 4.69) is 63.2 Å². The number of aromatic nitrogens is 2. The van der Waals surface area contributed by atoms with E-state index in [9.17, 15) is 4.79 Å². The topological polar surface area (TPSA) is 67.2 Å². The number of nitrogens with zero attached hydrogens (tertiary/aromatic N) is 3. The van der Waals surface area contributed by atoms with Crippen molar-refractivity contribution in [1.82, 2.24) is 15.6 Å². The summed E-state index contributed by atoms with van der Waals surface area (Å²) in [5.41, 5.74) is 4.87. The molecule has 0 bridgehead atoms. The molecule has 0 spiro atoms. The molecule has 3 aromatic carbocycles. The van der Waals surface area contributed by atoms with Crippen molar-refractivity contribution in [3.63, 3.8) is 0 Å². The second-order valence-electron chi connectivity index (χ2n) is 6.63. The molecule has 4 aromatic rings. The van der Waals surface area contributed by atoms with Gasteiger partial charge in [-0.05, 0) is 28.0 Å². The van der Waals surface area contributed by atoms with Crippen molar-refractivity contribution in [3.05, 3.63) is 90.0 Å². The molecular formula is C24H20N4OS3. The standard InChI is InChI=1S/C24H20N4OS3/c29-22(26-25-15-7-10-18-8-2-1-3-9-18)17-31-24-28-27-23(32-24)30-16-20-13-6-12-19-11-4-5-14-21(19)20/h1-15H,16-17H2,(H,26,29)/b10-7+,25-15+. The van der Waals surface area contributed by atoms with Crippen molar-refractivity contribution in [2.75, 3.05) is 5.75 Å². The Morgan fingerprint density at radius 3 is 2.56 bits per heavy atom. The molecule has 4 rings (SSSR count). The highest BCUT2D eigenvalue weighted by molar-refractivity contribution is 8.03. The summed E-state index contributed by atoms with van der Waals surface area (Å²) in [5, 5.41) is 14.9. The van der Waals surface area contributed by atoms with Crippen LogP contribution in [0.2, 0.25) is 0 Å². The van der Waals surface area contributed by atoms with Gasteiger partial charge in [-0.1, -0.05) is 114 Å². The van der Waals surface area contributed by atoms with E-state index in [0.29, 0.717) is 0 Å². The molecule has 0 fully saturated rings. The molecule has 0 unspecified atom stereocenters. The molecule has 0 saturated carbocycles. The van der Waals surface area contributed by atoms with Crippen molar-refractivity contribution in [3.8, 4) is 0 Å². The van der Waals surface area contributed by atoms with Gasteiger partial charge in [0.2, 0.25) is 0 Å². The first-order chi connectivity index (χ1) is 15.8. The summed E-state index contributed by atoms with van der Waals surface area (Å²) in [7, 11) is 0. The Bertz CT molecular complexity index is 1230. The molecule has 8 heteroatoms. The third-order valence-corrected chi connectivity index (χ3v) is 7.62. The van der Waals surface area contributed by atoms with E-state index in [-0.39, 0.29) is 11.7 Å². The number of benzene rings is 3. The van der Waals surface area contributed by atoms with Crippen LogP contribution in [0.1, 0.15) is 11.1 Å². The van der Waals surface area contributed by atoms with Gasteiger partial charge in [-0.15, -0.1) is 10.2 Å². The molecule has 0 aliphatic carbocycles. The van der Waals surface area contributed by atoms with Gasteiger partial charge in [0.15, 0.2) is 8.68 Å². The lowest BCUT2D eigenvalue weighted by Crippen LogP contribution is -2.19. The van der Waals surface area contributed by atoms with Crippen molar-refractivity contribution >= 4 is 63.8 Å². The summed E-state index contributed by atoms with van der Waals surface area (Å²) in [4.78, 5) is 12.0. The minimum absolute atomic E-state index is 0.181. The maximum atomic E-state index is 12.0. The average Bonchev–Trinajstić information content (AvgIpc) is 3.30. The van der Waals surface area contributed by atoms with E-state index in [4.69, 9.17) is 0 Å². The van der Waals surface area contributed by atoms with Gasteiger partial charge in [0.1, 0.15) is 0 Å². The number of carbonyl (C=O) groups is 1. The molecule has 0 aliphatic heterocycles. The Morgan fingerprint density at radius 1 is 0.938 bits per heavy atom. The van der Waals surface area contributed by atoms with Crippen LogP contribution in [0.15, 0.2) is 92.7 Å². The van der Waals surface area contributed by atoms with E-state index in [1.165, 1.54) is 39.4 Å². The van der Waals surface area contributed by atoms with Crippen molar-refractivity contribution < 1.29 is 4.79 Å². The molecule has 0 radical (unpaired) electrons. The minimum atomic E-state index is -0.181. The monoisotopic (exact) mass is 476 g/mol. The van der Waals surface area contributed by atoms with Crippen molar-refractivity contribution in [1.29, 1.82) is 0 Å². The van der Waals surface area contributed by atoms with Crippen LogP contribution in [-0.4, -0.2) is 28.1 Å². The third-order valence-electron chi connectivity index (χ3n) is 4.38. The zero-order valence-corrected chi connectivity index (χ0v) is 19.5. The Kier molecular flexibility index (Phi) is 8.08. The highest BCUT2D eigenvalue weighted by Gasteiger charge is 2.09. The molecule has 0 saturated heterocycles. The lowest BCUT2D eigenvalue weighted by atomic mass is 10.1. The summed E-state index contributed by atoms with van der Waals surface area (Å²) >= 11 is 4.53. The number of allylic oxidation sites excluding steroid dienone is 1. The zero-order valence-electron chi connectivity index (χ0n) is 17.0. The fraction of sp³-hybridized carbons (Fsp3) is 0.0833. The van der Waals surface area contributed by atoms with Gasteiger partial charge in [0.05, 0.1) is 5.75 Å². The number of nitrogens with one attached hydrogen (secondary N) is 1. The van der Waals surface area contributed by atoms with E-state index in [1.807, 2.05) is 36.4 Å². The van der Waals surface area contributed by atoms with E-state index in [0.717, 1.165) is 20.0 Å². The highest BCUT2D eigenvalue weighted by atomic mass is 32.2. The predicted octanol–water partition coefficient (Wildman–Crippen LogP) is 5.89. The molecule has 32 heavy (non-hydrogen) atoms. The Morgan fingerprint density at radius 2 is 1.69 bits per heavy atom. The van der Waals surface area contributed by atoms with Crippen LogP contribution in [0.3, 0.4) is 0 Å². The van der Waals surface area contributed by atoms with Crippen LogP contribution in [-0.2, 0) is 10.5 Å². The normalized spacial score (nSPS) is 11.5. The van der Waals surface area contributed by atoms with Gasteiger partial charge < -0.3 is 0 Å². The summed E-state index contributed by atoms with van der Waals surface area (Å²) in [6.45, 7) is 0. The molecule has 0 aliphatic rings. The van der Waals surface area contributed by atoms with Gasteiger partial charge >= 0.3 is 0 Å². The van der Waals surface area contributed by atoms with Crippen LogP contribution in [0, 0.1) is 0 Å². The van der Waals surface area contributed by atoms with Gasteiger partial charge in [0.25, 0.3) is 5.91 Å². The Hall–Kier alpha value is -2.94. The summed E-state index contributed by atoms with van der Waals surface area (Å²) < 4.78 is 1.67. The number of hydrogen-bond acceptors (Lipinski definition) is 7. The second kappa shape index (κ2) is 11.6. The summed E-state index contributed by atoms with van der Waals surface area (Å²) in [6.07, 6.45) is 5.26. The minimum Gasteiger partial charge on any atom is -0.272 e. The van der Waals surface area contributed by atoms with Gasteiger partial charge in [0, 0.05) is 12.0 Å². The number of rotatable bonds is 9. The highest BCUT2D eigenvalue weighted by Crippen LogP contribution is 2.32. The first-order valence-electron chi connectivity index (χ1n) is 9.87. The van der Waals surface area contributed by atoms with E-state index in [1.54, 1.807) is 24.1 Å². The van der Waals surface area contributed by atoms with Crippen LogP contribution in [0.4, 0.5) is 0 Å². The Balaban J connectivity index is 1.21. The SMILES string of the molecule is O=C(CSc1nnc(SCc2cccc3ccccc23)s1)N/N=C/C=C/c1ccccc1. The van der Waals surface area contributed by atoms with Gasteiger partial charge in [-0.25, -0.2) is 5.43 Å². The third kappa shape index (κ3) is 6.53. The van der Waals surface area contributed by atoms with Crippen molar-refractivity contribution in [2.24, 2.45) is 5.10 Å². The summed E-state index contributed by atoms with van der Waals surface area (Å²) in [6, 6.07) is 24.6. The first kappa shape index (κ1) is 22.3. The first-order valence-corrected chi connectivity index (χ1v) is 12.7. The van der Waals surface area contributed by atoms with Crippen LogP contribution >= 0.6 is 34.9 Å². The molecular weight excluding hydrogens is 456 g/mol. The molecule has 160 valence electrons. The van der Waals surface area contributed by atoms with Crippen LogP contribution in [0.25, 0.3) is 16.8 Å². The fourth-order valence-electron chi connectivity index (χ4n) is 2.90. The maximum Gasteiger partial charge on any atom is 0.250 e. The number of amides is 1.